The number of ether oxygens (including phenoxy) is 1. The number of hydrogen-bond donors (Lipinski definition) is 1. The third-order valence-corrected chi connectivity index (χ3v) is 12.7. The van der Waals surface area contributed by atoms with Crippen molar-refractivity contribution in [3.63, 3.8) is 0 Å². The highest BCUT2D eigenvalue weighted by Crippen LogP contribution is 2.68. The lowest BCUT2D eigenvalue weighted by Gasteiger charge is -2.68. The third-order valence-electron chi connectivity index (χ3n) is 12.7. The van der Waals surface area contributed by atoms with Crippen molar-refractivity contribution in [3.05, 3.63) is 11.1 Å². The summed E-state index contributed by atoms with van der Waals surface area (Å²) >= 11 is 0. The molecule has 2 heteroatoms. The second-order valence-corrected chi connectivity index (χ2v) is 14.1. The molecule has 0 aromatic rings. The second kappa shape index (κ2) is 9.51. The minimum Gasteiger partial charge on any atom is -0.368 e. The molecule has 0 bridgehead atoms. The zero-order valence-corrected chi connectivity index (χ0v) is 24.3. The summed E-state index contributed by atoms with van der Waals surface area (Å²) in [6.07, 6.45) is 4.12. The van der Waals surface area contributed by atoms with E-state index in [1.807, 2.05) is 0 Å². The Hall–Kier alpha value is -0.340. The summed E-state index contributed by atoms with van der Waals surface area (Å²) in [6, 6.07) is 0. The van der Waals surface area contributed by atoms with Crippen molar-refractivity contribution >= 4 is 0 Å². The molecule has 0 aromatic carbocycles. The van der Waals surface area contributed by atoms with Gasteiger partial charge in [0.15, 0.2) is 6.29 Å². The molecule has 14 atom stereocenters. The zero-order valence-electron chi connectivity index (χ0n) is 24.3. The molecule has 0 spiro atoms. The van der Waals surface area contributed by atoms with Gasteiger partial charge in [0.1, 0.15) is 0 Å². The van der Waals surface area contributed by atoms with Gasteiger partial charge in [-0.15, -0.1) is 0 Å². The van der Waals surface area contributed by atoms with E-state index in [1.54, 1.807) is 11.1 Å². The lowest BCUT2D eigenvalue weighted by atomic mass is 9.38. The average molecular weight is 473 g/mol. The Morgan fingerprint density at radius 3 is 2.18 bits per heavy atom. The molecule has 196 valence electrons. The standard InChI is InChI=1S/C32H56O2/c1-12-26(33)34-31-25-15-18(5)27(16(2)3)22(9)32(25,11)23(10)29-21(8)28-19(6)17(4)13-14-24(28)20(7)30(29)31/h16-17,19-26,28-31,33H,12-15H2,1-11H3. The van der Waals surface area contributed by atoms with Gasteiger partial charge in [0.05, 0.1) is 6.10 Å². The molecule has 0 heterocycles. The number of hydrogen-bond acceptors (Lipinski definition) is 2. The molecule has 0 saturated heterocycles. The highest BCUT2D eigenvalue weighted by atomic mass is 16.6. The van der Waals surface area contributed by atoms with E-state index in [0.717, 1.165) is 36.0 Å². The summed E-state index contributed by atoms with van der Waals surface area (Å²) in [7, 11) is 0. The van der Waals surface area contributed by atoms with E-state index in [0.29, 0.717) is 47.8 Å². The van der Waals surface area contributed by atoms with E-state index in [2.05, 4.69) is 76.2 Å². The lowest BCUT2D eigenvalue weighted by Crippen LogP contribution is -2.66. The second-order valence-electron chi connectivity index (χ2n) is 14.1. The Labute approximate surface area is 211 Å². The molecular formula is C32H56O2. The van der Waals surface area contributed by atoms with Gasteiger partial charge in [-0.05, 0) is 103 Å². The minimum absolute atomic E-state index is 0.167. The Bertz CT molecular complexity index is 769. The Kier molecular flexibility index (Phi) is 7.48. The van der Waals surface area contributed by atoms with Gasteiger partial charge in [-0.1, -0.05) is 86.8 Å². The number of rotatable bonds is 4. The molecule has 2 nitrogen and oxygen atoms in total. The van der Waals surface area contributed by atoms with Crippen molar-refractivity contribution in [1.29, 1.82) is 0 Å². The number of fused-ring (bicyclic) bond motifs is 3. The molecule has 14 unspecified atom stereocenters. The molecule has 0 aliphatic heterocycles. The van der Waals surface area contributed by atoms with Crippen LogP contribution < -0.4 is 0 Å². The molecule has 0 aromatic heterocycles. The summed E-state index contributed by atoms with van der Waals surface area (Å²) in [4.78, 5) is 0. The van der Waals surface area contributed by atoms with Crippen LogP contribution in [0.15, 0.2) is 11.1 Å². The van der Waals surface area contributed by atoms with E-state index in [1.165, 1.54) is 12.8 Å². The quantitative estimate of drug-likeness (QED) is 0.330. The summed E-state index contributed by atoms with van der Waals surface area (Å²) in [5, 5.41) is 10.8. The smallest absolute Gasteiger partial charge is 0.154 e. The van der Waals surface area contributed by atoms with Crippen molar-refractivity contribution in [2.24, 2.45) is 76.4 Å². The predicted molar refractivity (Wildman–Crippen MR) is 143 cm³/mol. The van der Waals surface area contributed by atoms with Gasteiger partial charge in [0.25, 0.3) is 0 Å². The predicted octanol–water partition coefficient (Wildman–Crippen LogP) is 8.20. The Balaban J connectivity index is 1.85. The summed E-state index contributed by atoms with van der Waals surface area (Å²) in [5.41, 5.74) is 3.51. The normalized spacial score (nSPS) is 52.1. The van der Waals surface area contributed by atoms with Crippen molar-refractivity contribution < 1.29 is 9.84 Å². The fourth-order valence-electron chi connectivity index (χ4n) is 10.7. The van der Waals surface area contributed by atoms with Crippen molar-refractivity contribution in [1.82, 2.24) is 0 Å². The van der Waals surface area contributed by atoms with E-state index in [-0.39, 0.29) is 11.5 Å². The van der Waals surface area contributed by atoms with Gasteiger partial charge in [0.2, 0.25) is 0 Å². The van der Waals surface area contributed by atoms with E-state index >= 15 is 0 Å². The molecule has 0 amide bonds. The van der Waals surface area contributed by atoms with Crippen molar-refractivity contribution in [2.45, 2.75) is 114 Å². The van der Waals surface area contributed by atoms with Gasteiger partial charge >= 0.3 is 0 Å². The maximum absolute atomic E-state index is 10.8. The van der Waals surface area contributed by atoms with Crippen molar-refractivity contribution in [2.75, 3.05) is 0 Å². The molecular weight excluding hydrogens is 416 g/mol. The van der Waals surface area contributed by atoms with Crippen LogP contribution in [0, 0.1) is 76.4 Å². The van der Waals surface area contributed by atoms with Crippen LogP contribution in [0.3, 0.4) is 0 Å². The molecule has 4 aliphatic rings. The molecule has 3 saturated carbocycles. The first-order valence-electron chi connectivity index (χ1n) is 14.9. The summed E-state index contributed by atoms with van der Waals surface area (Å²) in [5.74, 6) is 8.27. The highest BCUT2D eigenvalue weighted by molar-refractivity contribution is 5.28. The summed E-state index contributed by atoms with van der Waals surface area (Å²) < 4.78 is 6.76. The molecule has 3 fully saturated rings. The fraction of sp³-hybridized carbons (Fsp3) is 0.938. The van der Waals surface area contributed by atoms with Crippen molar-refractivity contribution in [3.8, 4) is 0 Å². The molecule has 34 heavy (non-hydrogen) atoms. The van der Waals surface area contributed by atoms with E-state index in [9.17, 15) is 5.11 Å². The fourth-order valence-corrected chi connectivity index (χ4v) is 10.7. The van der Waals surface area contributed by atoms with Crippen LogP contribution >= 0.6 is 0 Å². The molecule has 4 aliphatic carbocycles. The van der Waals surface area contributed by atoms with Gasteiger partial charge in [-0.3, -0.25) is 0 Å². The third kappa shape index (κ3) is 3.79. The van der Waals surface area contributed by atoms with Crippen LogP contribution in [0.25, 0.3) is 0 Å². The largest absolute Gasteiger partial charge is 0.368 e. The molecule has 4 rings (SSSR count). The summed E-state index contributed by atoms with van der Waals surface area (Å²) in [6.45, 7) is 27.2. The zero-order chi connectivity index (χ0) is 25.3. The minimum atomic E-state index is -0.639. The first-order valence-corrected chi connectivity index (χ1v) is 14.9. The Morgan fingerprint density at radius 1 is 0.941 bits per heavy atom. The first-order chi connectivity index (χ1) is 15.9. The maximum Gasteiger partial charge on any atom is 0.154 e. The SMILES string of the molecule is CCC(O)OC1C2C(C)C3CCC(C)C(C)C3C(C)C2C(C)C2(C)C(C)C(C(C)C)=C(C)CC12. The van der Waals surface area contributed by atoms with Gasteiger partial charge in [-0.25, -0.2) is 0 Å². The molecule has 0 radical (unpaired) electrons. The highest BCUT2D eigenvalue weighted by Gasteiger charge is 2.65. The topological polar surface area (TPSA) is 29.5 Å². The average Bonchev–Trinajstić information content (AvgIpc) is 2.77. The van der Waals surface area contributed by atoms with Crippen LogP contribution in [0.1, 0.15) is 102 Å². The van der Waals surface area contributed by atoms with Crippen LogP contribution in [-0.4, -0.2) is 17.5 Å². The van der Waals surface area contributed by atoms with Gasteiger partial charge in [0, 0.05) is 0 Å². The van der Waals surface area contributed by atoms with Gasteiger partial charge in [-0.2, -0.15) is 0 Å². The Morgan fingerprint density at radius 2 is 1.59 bits per heavy atom. The monoisotopic (exact) mass is 472 g/mol. The lowest BCUT2D eigenvalue weighted by molar-refractivity contribution is -0.263. The van der Waals surface area contributed by atoms with Crippen LogP contribution in [0.2, 0.25) is 0 Å². The number of allylic oxidation sites excluding steroid dienone is 2. The molecule has 1 N–H and O–H groups in total. The van der Waals surface area contributed by atoms with Gasteiger partial charge < -0.3 is 9.84 Å². The number of aliphatic hydroxyl groups excluding tert-OH is 1. The van der Waals surface area contributed by atoms with Crippen LogP contribution in [0.4, 0.5) is 0 Å². The van der Waals surface area contributed by atoms with E-state index in [4.69, 9.17) is 4.74 Å². The van der Waals surface area contributed by atoms with E-state index < -0.39 is 6.29 Å². The maximum atomic E-state index is 10.8. The van der Waals surface area contributed by atoms with Crippen LogP contribution in [0.5, 0.6) is 0 Å². The first kappa shape index (κ1) is 26.7. The van der Waals surface area contributed by atoms with Crippen LogP contribution in [-0.2, 0) is 4.74 Å². The number of aliphatic hydroxyl groups is 1.